The Hall–Kier alpha value is -4.65. The van der Waals surface area contributed by atoms with Crippen LogP contribution in [0.2, 0.25) is 0 Å². The molecule has 3 aromatic carbocycles. The maximum atomic E-state index is 13.5. The van der Waals surface area contributed by atoms with Crippen molar-refractivity contribution < 1.29 is 14.6 Å². The first kappa shape index (κ1) is 23.7. The molecule has 0 bridgehead atoms. The van der Waals surface area contributed by atoms with E-state index in [1.807, 2.05) is 65.4 Å². The number of phenolic OH excluding ortho intramolecular Hbond substituents is 1. The number of ether oxygens (including phenoxy) is 1. The lowest BCUT2D eigenvalue weighted by molar-refractivity contribution is 0.102. The van der Waals surface area contributed by atoms with Crippen LogP contribution in [0.4, 0.5) is 5.69 Å². The first-order valence-electron chi connectivity index (χ1n) is 12.9. The maximum absolute atomic E-state index is 13.5. The number of phenols is 1. The summed E-state index contributed by atoms with van der Waals surface area (Å²) in [5, 5.41) is 16.2. The SMILES string of the molecule is O=C(Nc1c2c(cc(O)c1O[C@H](Cn1ccnc1)c1ccccc1)CCCC2)c1cc2ccccc2cn1. The van der Waals surface area contributed by atoms with Crippen molar-refractivity contribution in [2.75, 3.05) is 5.32 Å². The van der Waals surface area contributed by atoms with Crippen LogP contribution >= 0.6 is 0 Å². The summed E-state index contributed by atoms with van der Waals surface area (Å²) in [6, 6.07) is 21.2. The highest BCUT2D eigenvalue weighted by molar-refractivity contribution is 6.06. The minimum atomic E-state index is -0.424. The van der Waals surface area contributed by atoms with Crippen LogP contribution in [-0.4, -0.2) is 25.5 Å². The average molecular weight is 505 g/mol. The van der Waals surface area contributed by atoms with Crippen LogP contribution in [-0.2, 0) is 19.4 Å². The maximum Gasteiger partial charge on any atom is 0.274 e. The molecule has 0 radical (unpaired) electrons. The van der Waals surface area contributed by atoms with Crippen molar-refractivity contribution in [2.45, 2.75) is 38.3 Å². The largest absolute Gasteiger partial charge is 0.504 e. The Balaban J connectivity index is 1.40. The molecule has 38 heavy (non-hydrogen) atoms. The van der Waals surface area contributed by atoms with Crippen molar-refractivity contribution in [1.29, 1.82) is 0 Å². The molecule has 1 aliphatic carbocycles. The quantitative estimate of drug-likeness (QED) is 0.280. The number of aromatic nitrogens is 3. The number of aromatic hydroxyl groups is 1. The van der Waals surface area contributed by atoms with Gasteiger partial charge in [-0.3, -0.25) is 9.78 Å². The predicted molar refractivity (Wildman–Crippen MR) is 146 cm³/mol. The van der Waals surface area contributed by atoms with E-state index >= 15 is 0 Å². The van der Waals surface area contributed by atoms with Gasteiger partial charge in [0.05, 0.1) is 18.6 Å². The van der Waals surface area contributed by atoms with Crippen molar-refractivity contribution in [3.8, 4) is 11.5 Å². The van der Waals surface area contributed by atoms with E-state index < -0.39 is 6.10 Å². The van der Waals surface area contributed by atoms with Gasteiger partial charge in [-0.1, -0.05) is 54.6 Å². The lowest BCUT2D eigenvalue weighted by Crippen LogP contribution is -2.20. The Bertz CT molecular complexity index is 1580. The fraction of sp³-hybridized carbons (Fsp3) is 0.194. The van der Waals surface area contributed by atoms with Gasteiger partial charge in [0.1, 0.15) is 11.8 Å². The summed E-state index contributed by atoms with van der Waals surface area (Å²) in [5.41, 5.74) is 3.82. The van der Waals surface area contributed by atoms with Crippen LogP contribution in [0.15, 0.2) is 91.6 Å². The number of amides is 1. The van der Waals surface area contributed by atoms with E-state index in [1.165, 1.54) is 0 Å². The number of benzene rings is 3. The van der Waals surface area contributed by atoms with Gasteiger partial charge < -0.3 is 19.7 Å². The van der Waals surface area contributed by atoms with Gasteiger partial charge in [-0.15, -0.1) is 0 Å². The molecule has 0 fully saturated rings. The van der Waals surface area contributed by atoms with E-state index in [0.717, 1.165) is 53.1 Å². The second kappa shape index (κ2) is 10.4. The number of nitrogens with zero attached hydrogens (tertiary/aromatic N) is 3. The highest BCUT2D eigenvalue weighted by Crippen LogP contribution is 2.44. The smallest absolute Gasteiger partial charge is 0.274 e. The van der Waals surface area contributed by atoms with Gasteiger partial charge in [0.15, 0.2) is 11.5 Å². The Labute approximate surface area is 220 Å². The number of anilines is 1. The minimum Gasteiger partial charge on any atom is -0.504 e. The molecule has 2 heterocycles. The van der Waals surface area contributed by atoms with Gasteiger partial charge in [0, 0.05) is 24.0 Å². The molecule has 190 valence electrons. The summed E-state index contributed by atoms with van der Waals surface area (Å²) in [5.74, 6) is -0.0578. The molecule has 7 nitrogen and oxygen atoms in total. The van der Waals surface area contributed by atoms with Crippen LogP contribution in [0.5, 0.6) is 11.5 Å². The lowest BCUT2D eigenvalue weighted by Gasteiger charge is -2.27. The van der Waals surface area contributed by atoms with Gasteiger partial charge in [0.25, 0.3) is 5.91 Å². The summed E-state index contributed by atoms with van der Waals surface area (Å²) in [4.78, 5) is 22.1. The van der Waals surface area contributed by atoms with E-state index in [9.17, 15) is 9.90 Å². The average Bonchev–Trinajstić information content (AvgIpc) is 3.47. The van der Waals surface area contributed by atoms with Gasteiger partial charge in [-0.25, -0.2) is 4.98 Å². The van der Waals surface area contributed by atoms with Crippen LogP contribution < -0.4 is 10.1 Å². The Kier molecular flexibility index (Phi) is 6.48. The van der Waals surface area contributed by atoms with Crippen molar-refractivity contribution in [3.63, 3.8) is 0 Å². The van der Waals surface area contributed by atoms with E-state index in [2.05, 4.69) is 15.3 Å². The number of nitrogens with one attached hydrogen (secondary N) is 1. The van der Waals surface area contributed by atoms with E-state index in [0.29, 0.717) is 17.9 Å². The Morgan fingerprint density at radius 3 is 2.63 bits per heavy atom. The van der Waals surface area contributed by atoms with Crippen molar-refractivity contribution in [1.82, 2.24) is 14.5 Å². The van der Waals surface area contributed by atoms with Crippen LogP contribution in [0, 0.1) is 0 Å². The standard InChI is InChI=1S/C31H28N4O3/c36-27-17-23-11-6-7-13-25(23)29(34-31(37)26-16-22-10-4-5-12-24(22)18-33-26)30(27)38-28(19-35-15-14-32-20-35)21-8-2-1-3-9-21/h1-5,8-10,12,14-18,20,28,36H,6-7,11,13,19H2,(H,34,37)/t28-/m1/s1. The molecule has 2 aromatic heterocycles. The van der Waals surface area contributed by atoms with Crippen LogP contribution in [0.1, 0.15) is 46.1 Å². The zero-order valence-corrected chi connectivity index (χ0v) is 20.9. The normalized spacial score (nSPS) is 13.6. The summed E-state index contributed by atoms with van der Waals surface area (Å²) >= 11 is 0. The fourth-order valence-corrected chi connectivity index (χ4v) is 5.11. The number of carbonyl (C=O) groups is 1. The molecule has 0 aliphatic heterocycles. The lowest BCUT2D eigenvalue weighted by atomic mass is 9.89. The Morgan fingerprint density at radius 2 is 1.82 bits per heavy atom. The van der Waals surface area contributed by atoms with Crippen molar-refractivity contribution in [2.24, 2.45) is 0 Å². The number of imidazole rings is 1. The van der Waals surface area contributed by atoms with Gasteiger partial charge >= 0.3 is 0 Å². The molecule has 1 aliphatic rings. The third-order valence-electron chi connectivity index (χ3n) is 7.05. The molecule has 6 rings (SSSR count). The Morgan fingerprint density at radius 1 is 1.03 bits per heavy atom. The minimum absolute atomic E-state index is 0.0129. The molecular weight excluding hydrogens is 476 g/mol. The summed E-state index contributed by atoms with van der Waals surface area (Å²) < 4.78 is 8.51. The number of hydrogen-bond donors (Lipinski definition) is 2. The monoisotopic (exact) mass is 504 g/mol. The molecule has 7 heteroatoms. The molecule has 0 saturated heterocycles. The number of carbonyl (C=O) groups excluding carboxylic acids is 1. The molecule has 0 saturated carbocycles. The molecule has 0 spiro atoms. The van der Waals surface area contributed by atoms with Crippen molar-refractivity contribution >= 4 is 22.4 Å². The van der Waals surface area contributed by atoms with Gasteiger partial charge in [-0.05, 0) is 59.9 Å². The first-order valence-corrected chi connectivity index (χ1v) is 12.9. The van der Waals surface area contributed by atoms with E-state index in [4.69, 9.17) is 4.74 Å². The third kappa shape index (κ3) is 4.83. The molecule has 1 atom stereocenters. The third-order valence-corrected chi connectivity index (χ3v) is 7.05. The summed E-state index contributed by atoms with van der Waals surface area (Å²) in [7, 11) is 0. The fourth-order valence-electron chi connectivity index (χ4n) is 5.11. The zero-order chi connectivity index (χ0) is 25.9. The summed E-state index contributed by atoms with van der Waals surface area (Å²) in [6.07, 6.45) is 10.3. The van der Waals surface area contributed by atoms with Crippen molar-refractivity contribution in [3.05, 3.63) is 114 Å². The predicted octanol–water partition coefficient (Wildman–Crippen LogP) is 6.09. The van der Waals surface area contributed by atoms with Gasteiger partial charge in [0.2, 0.25) is 0 Å². The molecule has 2 N–H and O–H groups in total. The molecule has 0 unspecified atom stereocenters. The summed E-state index contributed by atoms with van der Waals surface area (Å²) in [6.45, 7) is 0.486. The highest BCUT2D eigenvalue weighted by Gasteiger charge is 2.26. The van der Waals surface area contributed by atoms with Crippen LogP contribution in [0.3, 0.4) is 0 Å². The number of rotatable bonds is 7. The number of fused-ring (bicyclic) bond motifs is 2. The molecule has 1 amide bonds. The van der Waals surface area contributed by atoms with E-state index in [-0.39, 0.29) is 17.4 Å². The van der Waals surface area contributed by atoms with Crippen LogP contribution in [0.25, 0.3) is 10.8 Å². The molecular formula is C31H28N4O3. The first-order chi connectivity index (χ1) is 18.7. The number of pyridine rings is 1. The molecule has 5 aromatic rings. The second-order valence-electron chi connectivity index (χ2n) is 9.59. The zero-order valence-electron chi connectivity index (χ0n) is 20.9. The topological polar surface area (TPSA) is 89.3 Å². The van der Waals surface area contributed by atoms with Gasteiger partial charge in [-0.2, -0.15) is 0 Å². The number of hydrogen-bond acceptors (Lipinski definition) is 5. The van der Waals surface area contributed by atoms with E-state index in [1.54, 1.807) is 30.9 Å². The number of aryl methyl sites for hydroxylation is 1. The highest BCUT2D eigenvalue weighted by atomic mass is 16.5. The second-order valence-corrected chi connectivity index (χ2v) is 9.59.